The van der Waals surface area contributed by atoms with Crippen LogP contribution in [0.3, 0.4) is 0 Å². The predicted molar refractivity (Wildman–Crippen MR) is 112 cm³/mol. The lowest BCUT2D eigenvalue weighted by Crippen LogP contribution is -2.51. The number of ether oxygens (including phenoxy) is 1. The predicted octanol–water partition coefficient (Wildman–Crippen LogP) is 2.62. The standard InChI is InChI=1S/C20H27N3O5S/c1-22(17(14-20(24)25)15-23(2,3)4)29(26,27)21-16-10-12-19(13-11-16)28-18-8-6-5-7-9-18/h5-13,17,21H,14-15H2,1-4H3/p+1/t17-/m0/s1. The number of hydrogen-bond donors (Lipinski definition) is 2. The van der Waals surface area contributed by atoms with Gasteiger partial charge in [0.05, 0.1) is 45.8 Å². The SMILES string of the molecule is CN([C@@H](CC(=O)O)C[N+](C)(C)C)S(=O)(=O)Nc1ccc(Oc2ccccc2)cc1. The van der Waals surface area contributed by atoms with Crippen molar-refractivity contribution in [1.29, 1.82) is 0 Å². The van der Waals surface area contributed by atoms with Gasteiger partial charge in [-0.2, -0.15) is 12.7 Å². The molecule has 0 radical (unpaired) electrons. The summed E-state index contributed by atoms with van der Waals surface area (Å²) in [5.74, 6) is 0.201. The highest BCUT2D eigenvalue weighted by atomic mass is 32.2. The summed E-state index contributed by atoms with van der Waals surface area (Å²) in [7, 11) is 3.10. The van der Waals surface area contributed by atoms with Crippen molar-refractivity contribution in [2.75, 3.05) is 39.5 Å². The summed E-state index contributed by atoms with van der Waals surface area (Å²) in [6.07, 6.45) is -0.281. The molecule has 0 aliphatic rings. The molecule has 0 fully saturated rings. The van der Waals surface area contributed by atoms with Gasteiger partial charge in [-0.05, 0) is 36.4 Å². The molecule has 0 saturated heterocycles. The van der Waals surface area contributed by atoms with Crippen molar-refractivity contribution in [2.45, 2.75) is 12.5 Å². The molecule has 0 heterocycles. The number of anilines is 1. The molecule has 0 bridgehead atoms. The van der Waals surface area contributed by atoms with Crippen molar-refractivity contribution in [3.63, 3.8) is 0 Å². The molecule has 0 aromatic heterocycles. The van der Waals surface area contributed by atoms with Crippen molar-refractivity contribution in [2.24, 2.45) is 0 Å². The van der Waals surface area contributed by atoms with Crippen LogP contribution in [-0.4, -0.2) is 69.1 Å². The first-order chi connectivity index (χ1) is 13.5. The van der Waals surface area contributed by atoms with Crippen LogP contribution in [0.5, 0.6) is 11.5 Å². The summed E-state index contributed by atoms with van der Waals surface area (Å²) in [5, 5.41) is 9.17. The Labute approximate surface area is 172 Å². The fourth-order valence-corrected chi connectivity index (χ4v) is 3.89. The van der Waals surface area contributed by atoms with Gasteiger partial charge >= 0.3 is 16.2 Å². The van der Waals surface area contributed by atoms with Crippen molar-refractivity contribution in [3.05, 3.63) is 54.6 Å². The third kappa shape index (κ3) is 7.37. The minimum atomic E-state index is -3.93. The van der Waals surface area contributed by atoms with Crippen molar-refractivity contribution < 1.29 is 27.5 Å². The average Bonchev–Trinajstić information content (AvgIpc) is 2.61. The van der Waals surface area contributed by atoms with Crippen LogP contribution < -0.4 is 9.46 Å². The lowest BCUT2D eigenvalue weighted by molar-refractivity contribution is -0.872. The molecule has 2 rings (SSSR count). The van der Waals surface area contributed by atoms with Gasteiger partial charge in [-0.25, -0.2) is 0 Å². The van der Waals surface area contributed by atoms with E-state index in [1.807, 2.05) is 51.5 Å². The second-order valence-corrected chi connectivity index (χ2v) is 9.52. The molecule has 2 aromatic rings. The Balaban J connectivity index is 2.10. The Morgan fingerprint density at radius 2 is 1.62 bits per heavy atom. The maximum atomic E-state index is 12.8. The van der Waals surface area contributed by atoms with Gasteiger partial charge in [0.2, 0.25) is 0 Å². The van der Waals surface area contributed by atoms with Gasteiger partial charge in [0.15, 0.2) is 0 Å². The number of nitrogens with one attached hydrogen (secondary N) is 1. The fourth-order valence-electron chi connectivity index (χ4n) is 2.77. The molecule has 158 valence electrons. The zero-order valence-corrected chi connectivity index (χ0v) is 17.9. The quantitative estimate of drug-likeness (QED) is 0.574. The molecule has 0 unspecified atom stereocenters. The normalized spacial score (nSPS) is 13.1. The van der Waals surface area contributed by atoms with Crippen LogP contribution in [0, 0.1) is 0 Å². The number of aliphatic carboxylic acids is 1. The van der Waals surface area contributed by atoms with Crippen LogP contribution in [0.25, 0.3) is 0 Å². The third-order valence-electron chi connectivity index (χ3n) is 4.14. The molecule has 0 aliphatic heterocycles. The van der Waals surface area contributed by atoms with Gasteiger partial charge in [0, 0.05) is 7.05 Å². The summed E-state index contributed by atoms with van der Waals surface area (Å²) in [6, 6.07) is 15.1. The zero-order valence-electron chi connectivity index (χ0n) is 17.1. The molecule has 2 N–H and O–H groups in total. The summed E-state index contributed by atoms with van der Waals surface area (Å²) >= 11 is 0. The molecule has 0 aliphatic carbocycles. The van der Waals surface area contributed by atoms with Gasteiger partial charge in [0.25, 0.3) is 0 Å². The van der Waals surface area contributed by atoms with Crippen LogP contribution in [-0.2, 0) is 15.0 Å². The molecular formula is C20H28N3O5S+. The second-order valence-electron chi connectivity index (χ2n) is 7.79. The van der Waals surface area contributed by atoms with E-state index < -0.39 is 22.2 Å². The molecular weight excluding hydrogens is 394 g/mol. The van der Waals surface area contributed by atoms with Crippen LogP contribution in [0.1, 0.15) is 6.42 Å². The van der Waals surface area contributed by atoms with E-state index in [0.29, 0.717) is 28.2 Å². The van der Waals surface area contributed by atoms with E-state index in [9.17, 15) is 18.3 Å². The summed E-state index contributed by atoms with van der Waals surface area (Å²) < 4.78 is 35.2. The third-order valence-corrected chi connectivity index (χ3v) is 5.69. The number of quaternary nitrogens is 1. The zero-order chi connectivity index (χ0) is 21.7. The number of carbonyl (C=O) groups is 1. The first-order valence-electron chi connectivity index (χ1n) is 9.07. The Bertz CT molecular complexity index is 909. The highest BCUT2D eigenvalue weighted by molar-refractivity contribution is 7.90. The summed E-state index contributed by atoms with van der Waals surface area (Å²) in [5.41, 5.74) is 0.358. The summed E-state index contributed by atoms with van der Waals surface area (Å²) in [4.78, 5) is 11.2. The number of likely N-dealkylation sites (N-methyl/N-ethyl adjacent to an activating group) is 2. The van der Waals surface area contributed by atoms with Crippen LogP contribution >= 0.6 is 0 Å². The number of rotatable bonds is 10. The fraction of sp³-hybridized carbons (Fsp3) is 0.350. The Morgan fingerprint density at radius 3 is 2.14 bits per heavy atom. The Morgan fingerprint density at radius 1 is 1.07 bits per heavy atom. The monoisotopic (exact) mass is 422 g/mol. The van der Waals surface area contributed by atoms with Crippen molar-refractivity contribution in [1.82, 2.24) is 4.31 Å². The molecule has 29 heavy (non-hydrogen) atoms. The molecule has 8 nitrogen and oxygen atoms in total. The highest BCUT2D eigenvalue weighted by Crippen LogP contribution is 2.23. The first-order valence-corrected chi connectivity index (χ1v) is 10.5. The number of hydrogen-bond acceptors (Lipinski definition) is 4. The van der Waals surface area contributed by atoms with Crippen molar-refractivity contribution >= 4 is 21.9 Å². The van der Waals surface area contributed by atoms with Crippen LogP contribution in [0.4, 0.5) is 5.69 Å². The lowest BCUT2D eigenvalue weighted by atomic mass is 10.2. The topological polar surface area (TPSA) is 95.9 Å². The molecule has 2 aromatic carbocycles. The van der Waals surface area contributed by atoms with E-state index >= 15 is 0 Å². The van der Waals surface area contributed by atoms with Crippen molar-refractivity contribution in [3.8, 4) is 11.5 Å². The number of para-hydroxylation sites is 1. The summed E-state index contributed by atoms with van der Waals surface area (Å²) in [6.45, 7) is 0.355. The first kappa shape index (κ1) is 22.7. The number of benzene rings is 2. The van der Waals surface area contributed by atoms with E-state index in [1.54, 1.807) is 24.3 Å². The molecule has 0 amide bonds. The van der Waals surface area contributed by atoms with E-state index in [2.05, 4.69) is 4.72 Å². The second kappa shape index (κ2) is 9.25. The van der Waals surface area contributed by atoms with E-state index in [1.165, 1.54) is 7.05 Å². The van der Waals surface area contributed by atoms with Crippen LogP contribution in [0.2, 0.25) is 0 Å². The van der Waals surface area contributed by atoms with Crippen LogP contribution in [0.15, 0.2) is 54.6 Å². The average molecular weight is 423 g/mol. The molecule has 9 heteroatoms. The molecule has 1 atom stereocenters. The molecule has 0 saturated carbocycles. The smallest absolute Gasteiger partial charge is 0.305 e. The van der Waals surface area contributed by atoms with E-state index in [0.717, 1.165) is 4.31 Å². The van der Waals surface area contributed by atoms with Gasteiger partial charge in [-0.1, -0.05) is 18.2 Å². The Hall–Kier alpha value is -2.62. The van der Waals surface area contributed by atoms with Gasteiger partial charge in [-0.3, -0.25) is 9.52 Å². The number of carboxylic acid groups (broad SMARTS) is 1. The largest absolute Gasteiger partial charge is 0.481 e. The highest BCUT2D eigenvalue weighted by Gasteiger charge is 2.32. The van der Waals surface area contributed by atoms with Gasteiger partial charge in [-0.15, -0.1) is 0 Å². The van der Waals surface area contributed by atoms with Gasteiger partial charge < -0.3 is 14.3 Å². The lowest BCUT2D eigenvalue weighted by Gasteiger charge is -2.33. The molecule has 0 spiro atoms. The van der Waals surface area contributed by atoms with Gasteiger partial charge in [0.1, 0.15) is 11.5 Å². The number of nitrogens with zero attached hydrogens (tertiary/aromatic N) is 2. The Kier molecular flexibility index (Phi) is 7.23. The maximum absolute atomic E-state index is 12.8. The maximum Gasteiger partial charge on any atom is 0.305 e. The van der Waals surface area contributed by atoms with E-state index in [4.69, 9.17) is 4.74 Å². The van der Waals surface area contributed by atoms with E-state index in [-0.39, 0.29) is 6.42 Å². The minimum Gasteiger partial charge on any atom is -0.481 e. The minimum absolute atomic E-state index is 0.281. The number of carboxylic acids is 1.